The Balaban J connectivity index is 0.00000176. The highest BCUT2D eigenvalue weighted by Gasteiger charge is 2.40. The zero-order valence-corrected chi connectivity index (χ0v) is 22.2. The smallest absolute Gasteiger partial charge is 0.248 e. The Hall–Kier alpha value is -2.92. The van der Waals surface area contributed by atoms with E-state index in [1.165, 1.54) is 7.11 Å². The summed E-state index contributed by atoms with van der Waals surface area (Å²) in [6, 6.07) is 4.29. The number of carbonyl (C=O) groups excluding carboxylic acids is 1. The third kappa shape index (κ3) is 6.44. The van der Waals surface area contributed by atoms with Gasteiger partial charge in [0.15, 0.2) is 15.7 Å². The molecule has 1 unspecified atom stereocenters. The van der Waals surface area contributed by atoms with Crippen LogP contribution in [0, 0.1) is 11.3 Å². The average molecular weight is 520 g/mol. The molecule has 1 amide bonds. The van der Waals surface area contributed by atoms with E-state index in [4.69, 9.17) is 14.9 Å². The summed E-state index contributed by atoms with van der Waals surface area (Å²) in [6.07, 6.45) is 6.17. The third-order valence-corrected chi connectivity index (χ3v) is 8.63. The monoisotopic (exact) mass is 519 g/mol. The molecule has 1 saturated carbocycles. The van der Waals surface area contributed by atoms with E-state index >= 15 is 0 Å². The van der Waals surface area contributed by atoms with E-state index in [1.807, 2.05) is 13.8 Å². The van der Waals surface area contributed by atoms with Gasteiger partial charge in [-0.15, -0.1) is 0 Å². The number of aryl methyl sites for hydroxylation is 1. The number of aromatic nitrogens is 2. The van der Waals surface area contributed by atoms with Crippen LogP contribution in [0.2, 0.25) is 0 Å². The van der Waals surface area contributed by atoms with Crippen molar-refractivity contribution in [3.63, 3.8) is 0 Å². The summed E-state index contributed by atoms with van der Waals surface area (Å²) < 4.78 is 38.7. The fourth-order valence-electron chi connectivity index (χ4n) is 4.28. The lowest BCUT2D eigenvalue weighted by Crippen LogP contribution is -2.38. The van der Waals surface area contributed by atoms with E-state index in [-0.39, 0.29) is 28.0 Å². The summed E-state index contributed by atoms with van der Waals surface area (Å²) in [4.78, 5) is 13.3. The number of ether oxygens (including phenoxy) is 2. The lowest BCUT2D eigenvalue weighted by molar-refractivity contribution is -0.117. The molecule has 2 aliphatic rings. The molecule has 0 bridgehead atoms. The molecular weight excluding hydrogens is 482 g/mol. The first-order valence-corrected chi connectivity index (χ1v) is 14.0. The lowest BCUT2D eigenvalue weighted by Gasteiger charge is -2.28. The first-order chi connectivity index (χ1) is 17.3. The minimum atomic E-state index is -3.65. The van der Waals surface area contributed by atoms with E-state index in [2.05, 4.69) is 15.7 Å². The molecule has 10 nitrogen and oxygen atoms in total. The van der Waals surface area contributed by atoms with Crippen molar-refractivity contribution in [2.24, 2.45) is 13.0 Å². The molecule has 36 heavy (non-hydrogen) atoms. The fourth-order valence-corrected chi connectivity index (χ4v) is 6.27. The van der Waals surface area contributed by atoms with Crippen LogP contribution in [0.4, 0.5) is 11.5 Å². The summed E-state index contributed by atoms with van der Waals surface area (Å²) >= 11 is 0. The summed E-state index contributed by atoms with van der Waals surface area (Å²) in [5.41, 5.74) is 0.608. The van der Waals surface area contributed by atoms with Crippen molar-refractivity contribution in [3.05, 3.63) is 30.0 Å². The first kappa shape index (κ1) is 27.7. The SMILES string of the molecule is CC.COc1ccc(NC(CC2CCOCC2)C(=O)Nc2ccn(C)n2)c(C=N)c1S(=O)(=O)C1CC1. The van der Waals surface area contributed by atoms with E-state index < -0.39 is 21.1 Å². The van der Waals surface area contributed by atoms with Gasteiger partial charge in [0, 0.05) is 50.0 Å². The highest BCUT2D eigenvalue weighted by molar-refractivity contribution is 7.92. The first-order valence-electron chi connectivity index (χ1n) is 12.4. The van der Waals surface area contributed by atoms with Crippen LogP contribution in [-0.2, 0) is 26.4 Å². The van der Waals surface area contributed by atoms with Gasteiger partial charge in [0.05, 0.1) is 12.4 Å². The average Bonchev–Trinajstić information content (AvgIpc) is 3.68. The normalized spacial score (nSPS) is 16.9. The van der Waals surface area contributed by atoms with Crippen molar-refractivity contribution in [3.8, 4) is 5.75 Å². The number of rotatable bonds is 10. The molecule has 1 aromatic heterocycles. The Morgan fingerprint density at radius 2 is 1.94 bits per heavy atom. The molecule has 1 saturated heterocycles. The second-order valence-corrected chi connectivity index (χ2v) is 11.0. The topological polar surface area (TPSA) is 135 Å². The molecule has 1 atom stereocenters. The molecule has 1 aliphatic heterocycles. The largest absolute Gasteiger partial charge is 0.495 e. The van der Waals surface area contributed by atoms with E-state index in [0.717, 1.165) is 19.1 Å². The molecule has 198 valence electrons. The summed E-state index contributed by atoms with van der Waals surface area (Å²) in [7, 11) is -0.469. The van der Waals surface area contributed by atoms with Crippen molar-refractivity contribution in [2.45, 2.75) is 62.1 Å². The van der Waals surface area contributed by atoms with Gasteiger partial charge in [-0.05, 0) is 50.2 Å². The summed E-state index contributed by atoms with van der Waals surface area (Å²) in [5.74, 6) is 0.640. The zero-order chi connectivity index (χ0) is 26.3. The second-order valence-electron chi connectivity index (χ2n) is 8.80. The van der Waals surface area contributed by atoms with E-state index in [9.17, 15) is 13.2 Å². The second kappa shape index (κ2) is 12.4. The molecule has 4 rings (SSSR count). The van der Waals surface area contributed by atoms with Crippen molar-refractivity contribution >= 4 is 33.5 Å². The van der Waals surface area contributed by atoms with Gasteiger partial charge in [0.25, 0.3) is 0 Å². The number of hydrogen-bond acceptors (Lipinski definition) is 8. The quantitative estimate of drug-likeness (QED) is 0.408. The van der Waals surface area contributed by atoms with Crippen LogP contribution < -0.4 is 15.4 Å². The van der Waals surface area contributed by atoms with Crippen LogP contribution in [0.3, 0.4) is 0 Å². The Morgan fingerprint density at radius 3 is 2.50 bits per heavy atom. The van der Waals surface area contributed by atoms with Crippen molar-refractivity contribution < 1.29 is 22.7 Å². The molecule has 0 spiro atoms. The minimum absolute atomic E-state index is 0.00690. The Labute approximate surface area is 213 Å². The van der Waals surface area contributed by atoms with Crippen LogP contribution in [0.1, 0.15) is 51.5 Å². The van der Waals surface area contributed by atoms with Gasteiger partial charge in [0.2, 0.25) is 5.91 Å². The molecule has 2 heterocycles. The number of sulfone groups is 1. The fraction of sp³-hybridized carbons (Fsp3) is 0.560. The maximum Gasteiger partial charge on any atom is 0.248 e. The molecular formula is C25H37N5O5S. The molecule has 1 aliphatic carbocycles. The number of nitrogens with one attached hydrogen (secondary N) is 3. The van der Waals surface area contributed by atoms with Gasteiger partial charge in [-0.25, -0.2) is 8.42 Å². The number of carbonyl (C=O) groups is 1. The van der Waals surface area contributed by atoms with Crippen LogP contribution in [-0.4, -0.2) is 61.9 Å². The highest BCUT2D eigenvalue weighted by Crippen LogP contribution is 2.41. The van der Waals surface area contributed by atoms with Gasteiger partial charge in [-0.3, -0.25) is 9.48 Å². The maximum absolute atomic E-state index is 13.3. The van der Waals surface area contributed by atoms with Crippen LogP contribution in [0.15, 0.2) is 29.3 Å². The third-order valence-electron chi connectivity index (χ3n) is 6.29. The zero-order valence-electron chi connectivity index (χ0n) is 21.4. The maximum atomic E-state index is 13.3. The lowest BCUT2D eigenvalue weighted by atomic mass is 9.92. The Morgan fingerprint density at radius 1 is 1.25 bits per heavy atom. The van der Waals surface area contributed by atoms with Gasteiger partial charge >= 0.3 is 0 Å². The number of methoxy groups -OCH3 is 1. The number of hydrogen-bond donors (Lipinski definition) is 3. The highest BCUT2D eigenvalue weighted by atomic mass is 32.2. The predicted molar refractivity (Wildman–Crippen MR) is 140 cm³/mol. The van der Waals surface area contributed by atoms with Crippen LogP contribution in [0.5, 0.6) is 5.75 Å². The Bertz CT molecular complexity index is 1150. The predicted octanol–water partition coefficient (Wildman–Crippen LogP) is 3.62. The van der Waals surface area contributed by atoms with Gasteiger partial charge in [-0.2, -0.15) is 5.10 Å². The number of nitrogens with zero attached hydrogens (tertiary/aromatic N) is 2. The van der Waals surface area contributed by atoms with Crippen molar-refractivity contribution in [1.82, 2.24) is 9.78 Å². The van der Waals surface area contributed by atoms with Crippen LogP contribution >= 0.6 is 0 Å². The molecule has 2 fully saturated rings. The van der Waals surface area contributed by atoms with Crippen LogP contribution in [0.25, 0.3) is 0 Å². The molecule has 3 N–H and O–H groups in total. The van der Waals surface area contributed by atoms with Gasteiger partial charge < -0.3 is 25.5 Å². The number of amides is 1. The minimum Gasteiger partial charge on any atom is -0.495 e. The summed E-state index contributed by atoms with van der Waals surface area (Å²) in [6.45, 7) is 5.30. The van der Waals surface area contributed by atoms with Gasteiger partial charge in [-0.1, -0.05) is 13.8 Å². The Kier molecular flexibility index (Phi) is 9.49. The molecule has 0 radical (unpaired) electrons. The number of anilines is 2. The van der Waals surface area contributed by atoms with Gasteiger partial charge in [0.1, 0.15) is 16.7 Å². The molecule has 11 heteroatoms. The molecule has 2 aromatic rings. The molecule has 1 aromatic carbocycles. The van der Waals surface area contributed by atoms with Crippen molar-refractivity contribution in [1.29, 1.82) is 5.41 Å². The van der Waals surface area contributed by atoms with E-state index in [1.54, 1.807) is 36.1 Å². The van der Waals surface area contributed by atoms with Crippen molar-refractivity contribution in [2.75, 3.05) is 31.0 Å². The number of benzene rings is 1. The van der Waals surface area contributed by atoms with E-state index in [0.29, 0.717) is 44.0 Å². The summed E-state index contributed by atoms with van der Waals surface area (Å²) in [5, 5.41) is 17.9. The standard InChI is InChI=1S/C23H31N5O5S.C2H6/c1-28-10-7-21(27-28)26-23(29)19(13-15-8-11-33-12-9-15)25-18-5-6-20(32-2)22(17(18)14-24)34(30,31)16-3-4-16;1-2/h5-7,10,14-16,19,24-25H,3-4,8-9,11-13H2,1-2H3,(H,26,27,29);1-2H3.